The first kappa shape index (κ1) is 14.8. The highest BCUT2D eigenvalue weighted by Crippen LogP contribution is 2.13. The molecule has 2 nitrogen and oxygen atoms in total. The molecule has 1 unspecified atom stereocenters. The normalized spacial score (nSPS) is 12.4. The van der Waals surface area contributed by atoms with Crippen LogP contribution in [0, 0.1) is 11.7 Å². The van der Waals surface area contributed by atoms with Gasteiger partial charge in [0.15, 0.2) is 0 Å². The van der Waals surface area contributed by atoms with Gasteiger partial charge >= 0.3 is 0 Å². The number of ketones is 1. The number of halogens is 1. The lowest BCUT2D eigenvalue weighted by Crippen LogP contribution is -2.23. The highest BCUT2D eigenvalue weighted by Gasteiger charge is 2.15. The van der Waals surface area contributed by atoms with Gasteiger partial charge in [0.1, 0.15) is 11.6 Å². The quantitative estimate of drug-likeness (QED) is 0.771. The number of benzene rings is 1. The summed E-state index contributed by atoms with van der Waals surface area (Å²) in [6.45, 7) is 2.47. The van der Waals surface area contributed by atoms with Crippen molar-refractivity contribution in [3.05, 3.63) is 35.6 Å². The first-order chi connectivity index (χ1) is 8.69. The van der Waals surface area contributed by atoms with Crippen molar-refractivity contribution in [2.45, 2.75) is 39.0 Å². The zero-order chi connectivity index (χ0) is 13.4. The molecule has 0 radical (unpaired) electrons. The highest BCUT2D eigenvalue weighted by molar-refractivity contribution is 5.81. The van der Waals surface area contributed by atoms with Gasteiger partial charge in [-0.3, -0.25) is 4.79 Å². The Bertz CT molecular complexity index is 379. The SMILES string of the molecule is CCCC(CN)C(=O)CCCc1ccccc1F. The van der Waals surface area contributed by atoms with Gasteiger partial charge in [-0.1, -0.05) is 31.5 Å². The van der Waals surface area contributed by atoms with Gasteiger partial charge in [-0.25, -0.2) is 4.39 Å². The van der Waals surface area contributed by atoms with Crippen molar-refractivity contribution in [1.82, 2.24) is 0 Å². The summed E-state index contributed by atoms with van der Waals surface area (Å²) in [5, 5.41) is 0. The Hall–Kier alpha value is -1.22. The van der Waals surface area contributed by atoms with Crippen molar-refractivity contribution in [1.29, 1.82) is 0 Å². The van der Waals surface area contributed by atoms with Crippen LogP contribution in [0.3, 0.4) is 0 Å². The number of hydrogen-bond acceptors (Lipinski definition) is 2. The molecule has 18 heavy (non-hydrogen) atoms. The Balaban J connectivity index is 2.37. The van der Waals surface area contributed by atoms with Crippen LogP contribution >= 0.6 is 0 Å². The Morgan fingerprint density at radius 1 is 1.39 bits per heavy atom. The molecule has 1 rings (SSSR count). The van der Waals surface area contributed by atoms with Crippen LogP contribution in [-0.4, -0.2) is 12.3 Å². The molecule has 0 aliphatic rings. The summed E-state index contributed by atoms with van der Waals surface area (Å²) in [6.07, 6.45) is 3.63. The molecule has 2 N–H and O–H groups in total. The minimum atomic E-state index is -0.186. The molecule has 0 bridgehead atoms. The van der Waals surface area contributed by atoms with Gasteiger partial charge in [-0.05, 0) is 30.9 Å². The van der Waals surface area contributed by atoms with E-state index in [0.717, 1.165) is 12.8 Å². The van der Waals surface area contributed by atoms with Crippen molar-refractivity contribution >= 4 is 5.78 Å². The van der Waals surface area contributed by atoms with Gasteiger partial charge in [-0.15, -0.1) is 0 Å². The van der Waals surface area contributed by atoms with Crippen LogP contribution in [0.4, 0.5) is 4.39 Å². The Kier molecular flexibility index (Phi) is 6.58. The maximum atomic E-state index is 13.4. The molecule has 1 aromatic carbocycles. The second-order valence-corrected chi connectivity index (χ2v) is 4.63. The van der Waals surface area contributed by atoms with E-state index < -0.39 is 0 Å². The average molecular weight is 251 g/mol. The minimum absolute atomic E-state index is 0.0179. The topological polar surface area (TPSA) is 43.1 Å². The van der Waals surface area contributed by atoms with Gasteiger partial charge in [0.2, 0.25) is 0 Å². The third-order valence-corrected chi connectivity index (χ3v) is 3.20. The molecule has 0 saturated heterocycles. The lowest BCUT2D eigenvalue weighted by molar-refractivity contribution is -0.122. The molecule has 1 aromatic rings. The summed E-state index contributed by atoms with van der Waals surface area (Å²) in [4.78, 5) is 11.9. The average Bonchev–Trinajstić information content (AvgIpc) is 2.38. The molecule has 0 spiro atoms. The molecule has 0 aliphatic carbocycles. The molecular formula is C15H22FNO. The van der Waals surface area contributed by atoms with Gasteiger partial charge in [-0.2, -0.15) is 0 Å². The van der Waals surface area contributed by atoms with E-state index in [1.807, 2.05) is 6.07 Å². The van der Waals surface area contributed by atoms with E-state index in [-0.39, 0.29) is 17.5 Å². The smallest absolute Gasteiger partial charge is 0.137 e. The Morgan fingerprint density at radius 3 is 2.72 bits per heavy atom. The number of hydrogen-bond donors (Lipinski definition) is 1. The van der Waals surface area contributed by atoms with Crippen molar-refractivity contribution < 1.29 is 9.18 Å². The summed E-state index contributed by atoms with van der Waals surface area (Å²) in [7, 11) is 0. The monoisotopic (exact) mass is 251 g/mol. The maximum Gasteiger partial charge on any atom is 0.137 e. The van der Waals surface area contributed by atoms with E-state index in [4.69, 9.17) is 5.73 Å². The third kappa shape index (κ3) is 4.57. The number of nitrogens with two attached hydrogens (primary N) is 1. The van der Waals surface area contributed by atoms with Crippen LogP contribution in [0.2, 0.25) is 0 Å². The van der Waals surface area contributed by atoms with E-state index in [2.05, 4.69) is 6.92 Å². The van der Waals surface area contributed by atoms with Gasteiger partial charge < -0.3 is 5.73 Å². The van der Waals surface area contributed by atoms with Crippen molar-refractivity contribution in [2.75, 3.05) is 6.54 Å². The second kappa shape index (κ2) is 7.98. The van der Waals surface area contributed by atoms with Crippen LogP contribution in [0.5, 0.6) is 0 Å². The van der Waals surface area contributed by atoms with Crippen LogP contribution < -0.4 is 5.73 Å². The molecule has 0 saturated carbocycles. The molecule has 3 heteroatoms. The fourth-order valence-electron chi connectivity index (χ4n) is 2.12. The lowest BCUT2D eigenvalue weighted by atomic mass is 9.94. The molecule has 0 aromatic heterocycles. The van der Waals surface area contributed by atoms with Crippen LogP contribution in [0.1, 0.15) is 38.2 Å². The predicted octanol–water partition coefficient (Wildman–Crippen LogP) is 3.09. The predicted molar refractivity (Wildman–Crippen MR) is 71.8 cm³/mol. The zero-order valence-electron chi connectivity index (χ0n) is 11.0. The van der Waals surface area contributed by atoms with Gasteiger partial charge in [0.05, 0.1) is 0 Å². The lowest BCUT2D eigenvalue weighted by Gasteiger charge is -2.12. The Morgan fingerprint density at radius 2 is 2.11 bits per heavy atom. The molecular weight excluding hydrogens is 229 g/mol. The first-order valence-electron chi connectivity index (χ1n) is 6.65. The van der Waals surface area contributed by atoms with Crippen molar-refractivity contribution in [3.63, 3.8) is 0 Å². The van der Waals surface area contributed by atoms with E-state index in [9.17, 15) is 9.18 Å². The van der Waals surface area contributed by atoms with Crippen LogP contribution in [0.25, 0.3) is 0 Å². The number of rotatable bonds is 8. The highest BCUT2D eigenvalue weighted by atomic mass is 19.1. The summed E-state index contributed by atoms with van der Waals surface area (Å²) in [6, 6.07) is 6.72. The Labute approximate surface area is 108 Å². The summed E-state index contributed by atoms with van der Waals surface area (Å²) in [5.74, 6) is 0.0141. The molecule has 0 heterocycles. The molecule has 100 valence electrons. The van der Waals surface area contributed by atoms with E-state index in [1.165, 1.54) is 6.07 Å². The standard InChI is InChI=1S/C15H22FNO/c1-2-6-13(11-17)15(18)10-5-8-12-7-3-4-9-14(12)16/h3-4,7,9,13H,2,5-6,8,10-11,17H2,1H3. The largest absolute Gasteiger partial charge is 0.330 e. The first-order valence-corrected chi connectivity index (χ1v) is 6.65. The molecule has 0 fully saturated rings. The number of carbonyl (C=O) groups excluding carboxylic acids is 1. The van der Waals surface area contributed by atoms with E-state index >= 15 is 0 Å². The van der Waals surface area contributed by atoms with Gasteiger partial charge in [0, 0.05) is 18.9 Å². The fourth-order valence-corrected chi connectivity index (χ4v) is 2.12. The molecule has 1 atom stereocenters. The van der Waals surface area contributed by atoms with E-state index in [0.29, 0.717) is 31.4 Å². The fraction of sp³-hybridized carbons (Fsp3) is 0.533. The molecule has 0 amide bonds. The number of aryl methyl sites for hydroxylation is 1. The van der Waals surface area contributed by atoms with Crippen molar-refractivity contribution in [3.8, 4) is 0 Å². The third-order valence-electron chi connectivity index (χ3n) is 3.20. The summed E-state index contributed by atoms with van der Waals surface area (Å²) in [5.41, 5.74) is 6.27. The number of carbonyl (C=O) groups is 1. The van der Waals surface area contributed by atoms with Gasteiger partial charge in [0.25, 0.3) is 0 Å². The second-order valence-electron chi connectivity index (χ2n) is 4.63. The van der Waals surface area contributed by atoms with E-state index in [1.54, 1.807) is 12.1 Å². The summed E-state index contributed by atoms with van der Waals surface area (Å²) < 4.78 is 13.4. The van der Waals surface area contributed by atoms with Crippen LogP contribution in [0.15, 0.2) is 24.3 Å². The van der Waals surface area contributed by atoms with Crippen molar-refractivity contribution in [2.24, 2.45) is 11.7 Å². The maximum absolute atomic E-state index is 13.4. The molecule has 0 aliphatic heterocycles. The zero-order valence-corrected chi connectivity index (χ0v) is 11.0. The van der Waals surface area contributed by atoms with Crippen LogP contribution in [-0.2, 0) is 11.2 Å². The minimum Gasteiger partial charge on any atom is -0.330 e. The number of Topliss-reactive ketones (excluding diaryl/α,β-unsaturated/α-hetero) is 1. The summed E-state index contributed by atoms with van der Waals surface area (Å²) >= 11 is 0.